The number of oxazole rings is 1. The first-order valence-electron chi connectivity index (χ1n) is 12.1. The zero-order chi connectivity index (χ0) is 28.1. The first-order valence-corrected chi connectivity index (χ1v) is 12.1. The molecule has 0 saturated carbocycles. The molecule has 2 aromatic heterocycles. The van der Waals surface area contributed by atoms with E-state index in [0.717, 1.165) is 6.07 Å². The maximum Gasteiger partial charge on any atom is 0.416 e. The number of carbonyl (C=O) groups is 2. The highest BCUT2D eigenvalue weighted by molar-refractivity contribution is 6.04. The third-order valence-corrected chi connectivity index (χ3v) is 5.95. The summed E-state index contributed by atoms with van der Waals surface area (Å²) in [6, 6.07) is 23.8. The molecule has 0 atom stereocenters. The van der Waals surface area contributed by atoms with Crippen LogP contribution >= 0.6 is 0 Å². The molecule has 7 nitrogen and oxygen atoms in total. The molecule has 10 heteroatoms. The van der Waals surface area contributed by atoms with Crippen molar-refractivity contribution in [2.75, 3.05) is 5.32 Å². The molecule has 40 heavy (non-hydrogen) atoms. The van der Waals surface area contributed by atoms with Crippen LogP contribution in [0.1, 0.15) is 32.0 Å². The average molecular weight is 543 g/mol. The molecule has 0 aliphatic rings. The van der Waals surface area contributed by atoms with E-state index in [4.69, 9.17) is 4.42 Å². The fourth-order valence-corrected chi connectivity index (χ4v) is 3.99. The summed E-state index contributed by atoms with van der Waals surface area (Å²) >= 11 is 0. The van der Waals surface area contributed by atoms with Crippen molar-refractivity contribution >= 4 is 17.5 Å². The number of hydrogen-bond acceptors (Lipinski definition) is 5. The molecule has 2 heterocycles. The van der Waals surface area contributed by atoms with E-state index in [-0.39, 0.29) is 35.4 Å². The van der Waals surface area contributed by atoms with Crippen molar-refractivity contribution in [2.24, 2.45) is 0 Å². The Bertz CT molecular complexity index is 1630. The summed E-state index contributed by atoms with van der Waals surface area (Å²) in [5.74, 6) is -0.742. The van der Waals surface area contributed by atoms with Gasteiger partial charge in [0, 0.05) is 35.8 Å². The molecule has 2 N–H and O–H groups in total. The number of carbonyl (C=O) groups excluding carboxylic acids is 2. The summed E-state index contributed by atoms with van der Waals surface area (Å²) in [5, 5.41) is 5.30. The number of halogens is 3. The number of aromatic nitrogens is 2. The quantitative estimate of drug-likeness (QED) is 0.241. The fourth-order valence-electron chi connectivity index (χ4n) is 3.99. The second-order valence-electron chi connectivity index (χ2n) is 8.67. The van der Waals surface area contributed by atoms with Crippen LogP contribution in [-0.4, -0.2) is 21.8 Å². The van der Waals surface area contributed by atoms with Gasteiger partial charge in [0.2, 0.25) is 5.89 Å². The Balaban J connectivity index is 1.42. The second kappa shape index (κ2) is 11.2. The maximum atomic E-state index is 13.4. The fraction of sp³-hybridized carbons (Fsp3) is 0.0667. The number of rotatable bonds is 7. The first-order chi connectivity index (χ1) is 19.3. The number of alkyl halides is 3. The highest BCUT2D eigenvalue weighted by Gasteiger charge is 2.33. The number of benzene rings is 3. The minimum atomic E-state index is -4.56. The summed E-state index contributed by atoms with van der Waals surface area (Å²) in [5.41, 5.74) is 0.987. The van der Waals surface area contributed by atoms with Gasteiger partial charge in [-0.1, -0.05) is 36.4 Å². The van der Waals surface area contributed by atoms with Crippen LogP contribution in [0, 0.1) is 0 Å². The smallest absolute Gasteiger partial charge is 0.416 e. The molecule has 200 valence electrons. The van der Waals surface area contributed by atoms with Crippen LogP contribution in [-0.2, 0) is 12.7 Å². The number of anilines is 1. The SMILES string of the molecule is O=C(Nc1ccc(-c2oc(-c3ccccc3)nc2C(=O)NCc2ccccc2C(F)(F)F)cc1)c1cccnc1. The van der Waals surface area contributed by atoms with Crippen molar-refractivity contribution in [3.63, 3.8) is 0 Å². The molecule has 0 radical (unpaired) electrons. The van der Waals surface area contributed by atoms with Gasteiger partial charge in [-0.25, -0.2) is 4.98 Å². The zero-order valence-electron chi connectivity index (χ0n) is 20.8. The lowest BCUT2D eigenvalue weighted by molar-refractivity contribution is -0.138. The Kier molecular flexibility index (Phi) is 7.41. The van der Waals surface area contributed by atoms with Crippen LogP contribution in [0.4, 0.5) is 18.9 Å². The molecule has 2 amide bonds. The van der Waals surface area contributed by atoms with Crippen LogP contribution in [0.25, 0.3) is 22.8 Å². The molecular weight excluding hydrogens is 521 g/mol. The zero-order valence-corrected chi connectivity index (χ0v) is 20.8. The summed E-state index contributed by atoms with van der Waals surface area (Å²) in [6.45, 7) is -0.360. The molecule has 3 aromatic carbocycles. The number of nitrogens with zero attached hydrogens (tertiary/aromatic N) is 2. The van der Waals surface area contributed by atoms with Crippen LogP contribution in [0.2, 0.25) is 0 Å². The van der Waals surface area contributed by atoms with Gasteiger partial charge in [0.05, 0.1) is 11.1 Å². The van der Waals surface area contributed by atoms with Crippen molar-refractivity contribution < 1.29 is 27.2 Å². The molecule has 5 rings (SSSR count). The molecule has 0 bridgehead atoms. The van der Waals surface area contributed by atoms with E-state index >= 15 is 0 Å². The van der Waals surface area contributed by atoms with Gasteiger partial charge in [-0.05, 0) is 60.2 Å². The molecule has 0 saturated heterocycles. The number of pyridine rings is 1. The van der Waals surface area contributed by atoms with E-state index in [0.29, 0.717) is 22.4 Å². The van der Waals surface area contributed by atoms with Crippen molar-refractivity contribution in [3.05, 3.63) is 126 Å². The number of amides is 2. The van der Waals surface area contributed by atoms with Crippen molar-refractivity contribution in [1.82, 2.24) is 15.3 Å². The van der Waals surface area contributed by atoms with Crippen LogP contribution < -0.4 is 10.6 Å². The predicted molar refractivity (Wildman–Crippen MR) is 142 cm³/mol. The van der Waals surface area contributed by atoms with E-state index in [1.165, 1.54) is 24.4 Å². The lowest BCUT2D eigenvalue weighted by Gasteiger charge is -2.13. The van der Waals surface area contributed by atoms with Gasteiger partial charge in [0.25, 0.3) is 11.8 Å². The van der Waals surface area contributed by atoms with Gasteiger partial charge in [-0.3, -0.25) is 14.6 Å². The lowest BCUT2D eigenvalue weighted by atomic mass is 10.1. The molecule has 0 aliphatic heterocycles. The Morgan fingerprint density at radius 2 is 1.52 bits per heavy atom. The molecule has 0 fully saturated rings. The van der Waals surface area contributed by atoms with E-state index in [1.807, 2.05) is 6.07 Å². The Morgan fingerprint density at radius 1 is 0.800 bits per heavy atom. The van der Waals surface area contributed by atoms with Gasteiger partial charge < -0.3 is 15.1 Å². The normalized spacial score (nSPS) is 11.2. The van der Waals surface area contributed by atoms with Gasteiger partial charge >= 0.3 is 6.18 Å². The second-order valence-corrected chi connectivity index (χ2v) is 8.67. The highest BCUT2D eigenvalue weighted by Crippen LogP contribution is 2.33. The van der Waals surface area contributed by atoms with E-state index < -0.39 is 17.6 Å². The number of nitrogens with one attached hydrogen (secondary N) is 2. The monoisotopic (exact) mass is 542 g/mol. The summed E-state index contributed by atoms with van der Waals surface area (Å²) in [7, 11) is 0. The molecule has 5 aromatic rings. The van der Waals surface area contributed by atoms with E-state index in [1.54, 1.807) is 66.9 Å². The third-order valence-electron chi connectivity index (χ3n) is 5.95. The Morgan fingerprint density at radius 3 is 2.23 bits per heavy atom. The minimum absolute atomic E-state index is 0.0783. The number of hydrogen-bond donors (Lipinski definition) is 2. The highest BCUT2D eigenvalue weighted by atomic mass is 19.4. The van der Waals surface area contributed by atoms with Gasteiger partial charge in [-0.2, -0.15) is 13.2 Å². The van der Waals surface area contributed by atoms with Gasteiger partial charge in [0.1, 0.15) is 0 Å². The van der Waals surface area contributed by atoms with E-state index in [9.17, 15) is 22.8 Å². The average Bonchev–Trinajstić information content (AvgIpc) is 3.43. The summed E-state index contributed by atoms with van der Waals surface area (Å²) in [6.07, 6.45) is -1.55. The van der Waals surface area contributed by atoms with E-state index in [2.05, 4.69) is 20.6 Å². The molecule has 0 aliphatic carbocycles. The first kappa shape index (κ1) is 26.4. The standard InChI is InChI=1S/C30H21F3N4O3/c31-30(32,33)24-11-5-4-9-21(24)18-35-28(39)25-26(40-29(37-25)20-7-2-1-3-8-20)19-12-14-23(15-13-19)36-27(38)22-10-6-16-34-17-22/h1-17H,18H2,(H,35,39)(H,36,38). The Labute approximate surface area is 226 Å². The minimum Gasteiger partial charge on any atom is -0.435 e. The molecule has 0 unspecified atom stereocenters. The van der Waals surface area contributed by atoms with Gasteiger partial charge in [-0.15, -0.1) is 0 Å². The maximum absolute atomic E-state index is 13.4. The lowest BCUT2D eigenvalue weighted by Crippen LogP contribution is -2.25. The van der Waals surface area contributed by atoms with Gasteiger partial charge in [0.15, 0.2) is 11.5 Å². The largest absolute Gasteiger partial charge is 0.435 e. The van der Waals surface area contributed by atoms with Crippen LogP contribution in [0.15, 0.2) is 108 Å². The van der Waals surface area contributed by atoms with Crippen molar-refractivity contribution in [2.45, 2.75) is 12.7 Å². The molecule has 0 spiro atoms. The topological polar surface area (TPSA) is 97.1 Å². The van der Waals surface area contributed by atoms with Crippen molar-refractivity contribution in [1.29, 1.82) is 0 Å². The summed E-state index contributed by atoms with van der Waals surface area (Å²) < 4.78 is 46.2. The molecular formula is C30H21F3N4O3. The van der Waals surface area contributed by atoms with Crippen LogP contribution in [0.3, 0.4) is 0 Å². The summed E-state index contributed by atoms with van der Waals surface area (Å²) in [4.78, 5) is 34.0. The predicted octanol–water partition coefficient (Wildman–Crippen LogP) is 6.60. The third kappa shape index (κ3) is 5.91. The Hall–Kier alpha value is -5.25. The van der Waals surface area contributed by atoms with Crippen molar-refractivity contribution in [3.8, 4) is 22.8 Å². The van der Waals surface area contributed by atoms with Crippen LogP contribution in [0.5, 0.6) is 0 Å².